The maximum absolute atomic E-state index is 13.3. The summed E-state index contributed by atoms with van der Waals surface area (Å²) in [6.07, 6.45) is -16.5. The summed E-state index contributed by atoms with van der Waals surface area (Å²) in [5.41, 5.74) is 6.29. The van der Waals surface area contributed by atoms with Crippen LogP contribution in [0.2, 0.25) is 5.02 Å². The van der Waals surface area contributed by atoms with Crippen molar-refractivity contribution in [2.75, 3.05) is 12.4 Å². The van der Waals surface area contributed by atoms with Crippen molar-refractivity contribution < 1.29 is 45.5 Å². The van der Waals surface area contributed by atoms with Crippen LogP contribution in [0, 0.1) is 11.8 Å². The number of nitrogens with two attached hydrogens (primary N) is 1. The van der Waals surface area contributed by atoms with Crippen LogP contribution < -0.4 is 21.1 Å². The summed E-state index contributed by atoms with van der Waals surface area (Å²) >= 11 is 6.13. The van der Waals surface area contributed by atoms with Crippen LogP contribution in [0.5, 0.6) is 5.75 Å². The zero-order valence-electron chi connectivity index (χ0n) is 21.4. The Kier molecular flexibility index (Phi) is 9.89. The Balaban J connectivity index is 2.04. The van der Waals surface area contributed by atoms with E-state index < -0.39 is 73.8 Å². The van der Waals surface area contributed by atoms with Gasteiger partial charge in [-0.05, 0) is 31.0 Å². The predicted molar refractivity (Wildman–Crippen MR) is 137 cm³/mol. The number of para-hydroxylation sites is 1. The van der Waals surface area contributed by atoms with Crippen molar-refractivity contribution >= 4 is 40.7 Å². The van der Waals surface area contributed by atoms with E-state index in [1.54, 1.807) is 36.4 Å². The number of alkyl halides is 6. The molecule has 2 aromatic rings. The molecule has 0 bridgehead atoms. The molecule has 1 aliphatic rings. The fourth-order valence-electron chi connectivity index (χ4n) is 4.38. The quantitative estimate of drug-likeness (QED) is 0.330. The number of methoxy groups -OCH3 is 1. The topological polar surface area (TPSA) is 123 Å². The molecule has 0 spiro atoms. The van der Waals surface area contributed by atoms with Crippen molar-refractivity contribution in [3.63, 3.8) is 0 Å². The number of halogens is 7. The number of primary amides is 1. The molecule has 15 heteroatoms. The Bertz CT molecular complexity index is 1330. The van der Waals surface area contributed by atoms with Gasteiger partial charge < -0.3 is 21.1 Å². The zero-order valence-corrected chi connectivity index (χ0v) is 22.2. The monoisotopic (exact) mass is 606 g/mol. The van der Waals surface area contributed by atoms with Crippen molar-refractivity contribution in [2.45, 2.75) is 44.2 Å². The number of hydrogen-bond donors (Lipinski definition) is 3. The molecule has 0 radical (unpaired) electrons. The lowest BCUT2D eigenvalue weighted by Gasteiger charge is -2.26. The summed E-state index contributed by atoms with van der Waals surface area (Å²) in [6.45, 7) is 0. The van der Waals surface area contributed by atoms with Gasteiger partial charge in [-0.1, -0.05) is 35.9 Å². The highest BCUT2D eigenvalue weighted by atomic mass is 35.5. The second-order valence-electron chi connectivity index (χ2n) is 9.19. The third-order valence-electron chi connectivity index (χ3n) is 6.30. The van der Waals surface area contributed by atoms with E-state index in [9.17, 15) is 40.7 Å². The van der Waals surface area contributed by atoms with E-state index in [2.05, 4.69) is 15.6 Å². The number of fused-ring (bicyclic) bond motifs is 1. The molecule has 3 amide bonds. The maximum atomic E-state index is 13.3. The first-order valence-electron chi connectivity index (χ1n) is 12.1. The lowest BCUT2D eigenvalue weighted by atomic mass is 9.83. The molecule has 2 aromatic carbocycles. The minimum Gasteiger partial charge on any atom is -0.495 e. The average molecular weight is 607 g/mol. The Labute approximate surface area is 235 Å². The van der Waals surface area contributed by atoms with Gasteiger partial charge in [-0.2, -0.15) is 26.3 Å². The largest absolute Gasteiger partial charge is 0.495 e. The highest BCUT2D eigenvalue weighted by molar-refractivity contribution is 6.31. The molecule has 3 unspecified atom stereocenters. The van der Waals surface area contributed by atoms with E-state index >= 15 is 0 Å². The molecule has 1 aliphatic heterocycles. The highest BCUT2D eigenvalue weighted by Gasteiger charge is 2.40. The first kappa shape index (κ1) is 31.7. The molecule has 3 atom stereocenters. The van der Waals surface area contributed by atoms with Gasteiger partial charge >= 0.3 is 12.4 Å². The van der Waals surface area contributed by atoms with Crippen molar-refractivity contribution in [2.24, 2.45) is 22.6 Å². The number of ether oxygens (including phenoxy) is 1. The van der Waals surface area contributed by atoms with Crippen LogP contribution in [0.15, 0.2) is 47.5 Å². The third-order valence-corrected chi connectivity index (χ3v) is 6.53. The van der Waals surface area contributed by atoms with Crippen molar-refractivity contribution in [3.8, 4) is 5.75 Å². The number of carbonyl (C=O) groups excluding carboxylic acids is 3. The SMILES string of the molecule is COc1cccc2c1NC(=O)C(NC(=O)C(CCC(F)(F)F)C(CCC(F)(F)F)C(N)=O)N=C2c1cccc(Cl)c1. The normalized spacial score (nSPS) is 16.9. The number of aliphatic imine (C=N–C) groups is 1. The number of benzodiazepines with no additional fused rings is 1. The number of nitrogens with one attached hydrogen (secondary N) is 2. The van der Waals surface area contributed by atoms with Gasteiger partial charge in [-0.3, -0.25) is 14.4 Å². The third kappa shape index (κ3) is 8.59. The van der Waals surface area contributed by atoms with Gasteiger partial charge in [0.25, 0.3) is 5.91 Å². The molecule has 0 fully saturated rings. The van der Waals surface area contributed by atoms with E-state index in [0.29, 0.717) is 16.1 Å². The molecular weight excluding hydrogens is 582 g/mol. The lowest BCUT2D eigenvalue weighted by Crippen LogP contribution is -2.48. The Morgan fingerprint density at radius 2 is 1.66 bits per heavy atom. The van der Waals surface area contributed by atoms with Crippen LogP contribution in [0.3, 0.4) is 0 Å². The Morgan fingerprint density at radius 3 is 2.22 bits per heavy atom. The second kappa shape index (κ2) is 12.8. The van der Waals surface area contributed by atoms with Crippen LogP contribution in [-0.4, -0.2) is 49.1 Å². The van der Waals surface area contributed by atoms with Gasteiger partial charge in [-0.25, -0.2) is 4.99 Å². The highest BCUT2D eigenvalue weighted by Crippen LogP contribution is 2.35. The molecule has 0 aromatic heterocycles. The summed E-state index contributed by atoms with van der Waals surface area (Å²) in [5, 5.41) is 5.06. The van der Waals surface area contributed by atoms with Crippen LogP contribution in [0.25, 0.3) is 0 Å². The lowest BCUT2D eigenvalue weighted by molar-refractivity contribution is -0.152. The van der Waals surface area contributed by atoms with Crippen LogP contribution in [-0.2, 0) is 14.4 Å². The van der Waals surface area contributed by atoms with Gasteiger partial charge in [0.2, 0.25) is 18.0 Å². The molecule has 4 N–H and O–H groups in total. The summed E-state index contributed by atoms with van der Waals surface area (Å²) in [5.74, 6) is -7.23. The van der Waals surface area contributed by atoms with E-state index in [-0.39, 0.29) is 17.1 Å². The summed E-state index contributed by atoms with van der Waals surface area (Å²) in [7, 11) is 1.35. The molecule has 222 valence electrons. The molecule has 1 heterocycles. The maximum Gasteiger partial charge on any atom is 0.389 e. The first-order valence-corrected chi connectivity index (χ1v) is 12.5. The van der Waals surface area contributed by atoms with E-state index in [0.717, 1.165) is 0 Å². The Morgan fingerprint density at radius 1 is 1.05 bits per heavy atom. The number of benzene rings is 2. The molecule has 41 heavy (non-hydrogen) atoms. The van der Waals surface area contributed by atoms with Crippen molar-refractivity contribution in [3.05, 3.63) is 58.6 Å². The minimum absolute atomic E-state index is 0.139. The van der Waals surface area contributed by atoms with Gasteiger partial charge in [0.05, 0.1) is 18.5 Å². The van der Waals surface area contributed by atoms with Gasteiger partial charge in [0.1, 0.15) is 5.75 Å². The number of rotatable bonds is 10. The standard InChI is InChI=1S/C26H25ClF6N4O4/c1-41-18-7-3-6-17-19(13-4-2-5-14(27)12-13)35-22(24(40)36-20(17)18)37-23(39)16(9-11-26(31,32)33)15(21(34)38)8-10-25(28,29)30/h2-7,12,15-16,22H,8-11H2,1H3,(H2,34,38)(H,36,40)(H,37,39). The number of hydrogen-bond acceptors (Lipinski definition) is 5. The number of carbonyl (C=O) groups is 3. The van der Waals surface area contributed by atoms with E-state index in [4.69, 9.17) is 22.1 Å². The number of amides is 3. The predicted octanol–water partition coefficient (Wildman–Crippen LogP) is 4.98. The van der Waals surface area contributed by atoms with E-state index in [1.807, 2.05) is 0 Å². The molecule has 0 saturated carbocycles. The fourth-order valence-corrected chi connectivity index (χ4v) is 4.57. The summed E-state index contributed by atoms with van der Waals surface area (Å²) in [4.78, 5) is 42.9. The molecule has 0 aliphatic carbocycles. The fraction of sp³-hybridized carbons (Fsp3) is 0.385. The smallest absolute Gasteiger partial charge is 0.389 e. The van der Waals surface area contributed by atoms with Gasteiger partial charge in [0, 0.05) is 40.8 Å². The van der Waals surface area contributed by atoms with Crippen LogP contribution in [0.1, 0.15) is 36.8 Å². The van der Waals surface area contributed by atoms with Gasteiger partial charge in [-0.15, -0.1) is 0 Å². The molecular formula is C26H25ClF6N4O4. The van der Waals surface area contributed by atoms with Crippen LogP contribution >= 0.6 is 11.6 Å². The minimum atomic E-state index is -4.79. The van der Waals surface area contributed by atoms with Crippen molar-refractivity contribution in [1.82, 2.24) is 5.32 Å². The number of anilines is 1. The number of nitrogens with zero attached hydrogens (tertiary/aromatic N) is 1. The van der Waals surface area contributed by atoms with E-state index in [1.165, 1.54) is 13.2 Å². The summed E-state index contributed by atoms with van der Waals surface area (Å²) in [6, 6.07) is 11.0. The zero-order chi connectivity index (χ0) is 30.5. The van der Waals surface area contributed by atoms with Crippen molar-refractivity contribution in [1.29, 1.82) is 0 Å². The van der Waals surface area contributed by atoms with Crippen LogP contribution in [0.4, 0.5) is 32.0 Å². The molecule has 8 nitrogen and oxygen atoms in total. The summed E-state index contributed by atoms with van der Waals surface area (Å²) < 4.78 is 83.1. The van der Waals surface area contributed by atoms with Gasteiger partial charge in [0.15, 0.2) is 0 Å². The molecule has 3 rings (SSSR count). The second-order valence-corrected chi connectivity index (χ2v) is 9.63. The average Bonchev–Trinajstić information content (AvgIpc) is 3.00. The Hall–Kier alpha value is -3.81. The first-order chi connectivity index (χ1) is 19.1. The molecule has 0 saturated heterocycles.